The molecule has 2 rings (SSSR count). The van der Waals surface area contributed by atoms with Gasteiger partial charge in [0.25, 0.3) is 0 Å². The van der Waals surface area contributed by atoms with Gasteiger partial charge in [-0.15, -0.1) is 5.56 Å². The van der Waals surface area contributed by atoms with Gasteiger partial charge < -0.3 is 35.1 Å². The standard InChI is InChI=1S/C10H11O2.C5H5.Fe/c1-8(2)10(11)12-7-9-5-3-4-6-9;1-2-4-5-3-1;/h3-6H,1,7H2,2H3;1-5H;/q-1;-5;. The third-order valence-corrected chi connectivity index (χ3v) is 2.01. The molecule has 0 aliphatic heterocycles. The molecule has 2 aromatic carbocycles. The average molecular weight is 284 g/mol. The molecule has 0 spiro atoms. The van der Waals surface area contributed by atoms with Crippen molar-refractivity contribution >= 4 is 5.97 Å². The minimum absolute atomic E-state index is 0. The van der Waals surface area contributed by atoms with E-state index < -0.39 is 0 Å². The molecule has 0 fully saturated rings. The molecule has 2 aromatic rings. The van der Waals surface area contributed by atoms with Crippen molar-refractivity contribution in [3.8, 4) is 0 Å². The normalized spacial score (nSPS) is 8.50. The van der Waals surface area contributed by atoms with Gasteiger partial charge in [0.1, 0.15) is 0 Å². The van der Waals surface area contributed by atoms with Gasteiger partial charge in [-0.05, 0) is 6.92 Å². The van der Waals surface area contributed by atoms with Crippen LogP contribution in [0.4, 0.5) is 0 Å². The van der Waals surface area contributed by atoms with Gasteiger partial charge in [0.2, 0.25) is 0 Å². The van der Waals surface area contributed by atoms with E-state index in [4.69, 9.17) is 4.74 Å². The van der Waals surface area contributed by atoms with Gasteiger partial charge in [0.05, 0.1) is 6.61 Å². The number of hydrogen-bond donors (Lipinski definition) is 0. The van der Waals surface area contributed by atoms with Gasteiger partial charge in [0, 0.05) is 22.6 Å². The number of ether oxygens (including phenoxy) is 1. The maximum atomic E-state index is 10.9. The first-order chi connectivity index (χ1) is 8.20. The molecule has 0 saturated heterocycles. The summed E-state index contributed by atoms with van der Waals surface area (Å²) in [7, 11) is 0. The fourth-order valence-corrected chi connectivity index (χ4v) is 1.10. The summed E-state index contributed by atoms with van der Waals surface area (Å²) in [6.45, 7) is 5.44. The molecule has 18 heavy (non-hydrogen) atoms. The Labute approximate surface area is 118 Å². The summed E-state index contributed by atoms with van der Waals surface area (Å²) in [4.78, 5) is 10.9. The Morgan fingerprint density at radius 3 is 2.00 bits per heavy atom. The Balaban J connectivity index is 0.000000405. The fraction of sp³-hybridized carbons (Fsp3) is 0.133. The third-order valence-electron chi connectivity index (χ3n) is 2.01. The second-order valence-electron chi connectivity index (χ2n) is 3.61. The molecule has 0 N–H and O–H groups in total. The van der Waals surface area contributed by atoms with Crippen molar-refractivity contribution in [1.29, 1.82) is 0 Å². The molecular weight excluding hydrogens is 268 g/mol. The Morgan fingerprint density at radius 2 is 1.61 bits per heavy atom. The fourth-order valence-electron chi connectivity index (χ4n) is 1.10. The van der Waals surface area contributed by atoms with Gasteiger partial charge in [-0.1, -0.05) is 6.58 Å². The molecule has 0 atom stereocenters. The Hall–Kier alpha value is -1.57. The van der Waals surface area contributed by atoms with Gasteiger partial charge >= 0.3 is 5.97 Å². The predicted molar refractivity (Wildman–Crippen MR) is 68.7 cm³/mol. The summed E-state index contributed by atoms with van der Waals surface area (Å²) in [6, 6.07) is 17.6. The SMILES string of the molecule is C=C(C)C(=O)OC[c-]1cccc1.[Fe].[cH-]1[cH-][cH-][cH-][cH-]1. The zero-order chi connectivity index (χ0) is 12.5. The van der Waals surface area contributed by atoms with Crippen molar-refractivity contribution in [2.24, 2.45) is 0 Å². The first kappa shape index (κ1) is 16.4. The summed E-state index contributed by atoms with van der Waals surface area (Å²) in [5, 5.41) is 0. The number of carbonyl (C=O) groups excluding carboxylic acids is 1. The van der Waals surface area contributed by atoms with Crippen LogP contribution in [0, 0.1) is 0 Å². The molecule has 0 aliphatic rings. The van der Waals surface area contributed by atoms with Crippen LogP contribution in [-0.4, -0.2) is 5.97 Å². The number of carbonyl (C=O) groups is 1. The first-order valence-electron chi connectivity index (χ1n) is 5.40. The number of rotatable bonds is 3. The van der Waals surface area contributed by atoms with Crippen molar-refractivity contribution in [3.63, 3.8) is 0 Å². The zero-order valence-corrected chi connectivity index (χ0v) is 11.4. The minimum atomic E-state index is -0.337. The molecule has 0 bridgehead atoms. The number of esters is 1. The Bertz CT molecular complexity index is 410. The second kappa shape index (κ2) is 9.46. The van der Waals surface area contributed by atoms with Crippen molar-refractivity contribution in [1.82, 2.24) is 0 Å². The molecule has 0 aromatic heterocycles. The van der Waals surface area contributed by atoms with Crippen LogP contribution in [-0.2, 0) is 33.2 Å². The number of hydrogen-bond acceptors (Lipinski definition) is 2. The van der Waals surface area contributed by atoms with E-state index in [1.165, 1.54) is 0 Å². The first-order valence-corrected chi connectivity index (χ1v) is 5.40. The third kappa shape index (κ3) is 6.89. The van der Waals surface area contributed by atoms with E-state index in [2.05, 4.69) is 6.58 Å². The maximum Gasteiger partial charge on any atom is 0.332 e. The van der Waals surface area contributed by atoms with Crippen LogP contribution in [0.25, 0.3) is 0 Å². The van der Waals surface area contributed by atoms with E-state index in [-0.39, 0.29) is 23.0 Å². The van der Waals surface area contributed by atoms with Crippen LogP contribution in [0.5, 0.6) is 0 Å². The van der Waals surface area contributed by atoms with E-state index in [0.29, 0.717) is 12.2 Å². The van der Waals surface area contributed by atoms with Crippen molar-refractivity contribution in [2.45, 2.75) is 13.5 Å². The predicted octanol–water partition coefficient (Wildman–Crippen LogP) is 3.43. The smallest absolute Gasteiger partial charge is 0.332 e. The summed E-state index contributed by atoms with van der Waals surface area (Å²) >= 11 is 0. The molecule has 0 saturated carbocycles. The van der Waals surface area contributed by atoms with E-state index in [9.17, 15) is 4.79 Å². The maximum absolute atomic E-state index is 10.9. The molecule has 0 heterocycles. The molecule has 0 amide bonds. The van der Waals surface area contributed by atoms with Gasteiger partial charge in [-0.2, -0.15) is 12.1 Å². The summed E-state index contributed by atoms with van der Waals surface area (Å²) in [6.07, 6.45) is 0. The van der Waals surface area contributed by atoms with Gasteiger partial charge in [0.15, 0.2) is 0 Å². The summed E-state index contributed by atoms with van der Waals surface area (Å²) in [5.74, 6) is -0.337. The quantitative estimate of drug-likeness (QED) is 0.373. The van der Waals surface area contributed by atoms with E-state index in [1.807, 2.05) is 54.6 Å². The molecular formula is C15H16FeO2-6. The molecule has 3 heteroatoms. The van der Waals surface area contributed by atoms with Crippen LogP contribution in [0.2, 0.25) is 0 Å². The molecule has 0 unspecified atom stereocenters. The topological polar surface area (TPSA) is 26.3 Å². The van der Waals surface area contributed by atoms with Crippen LogP contribution >= 0.6 is 0 Å². The zero-order valence-electron chi connectivity index (χ0n) is 10.3. The monoisotopic (exact) mass is 284 g/mol. The van der Waals surface area contributed by atoms with Crippen molar-refractivity contribution in [3.05, 3.63) is 72.3 Å². The Kier molecular flexibility index (Phi) is 8.63. The summed E-state index contributed by atoms with van der Waals surface area (Å²) in [5.41, 5.74) is 1.44. The van der Waals surface area contributed by atoms with Crippen molar-refractivity contribution < 1.29 is 26.6 Å². The van der Waals surface area contributed by atoms with Crippen LogP contribution in [0.3, 0.4) is 0 Å². The van der Waals surface area contributed by atoms with E-state index >= 15 is 0 Å². The second-order valence-corrected chi connectivity index (χ2v) is 3.61. The molecule has 102 valence electrons. The average Bonchev–Trinajstić information content (AvgIpc) is 3.00. The molecule has 2 nitrogen and oxygen atoms in total. The van der Waals surface area contributed by atoms with Crippen LogP contribution in [0.1, 0.15) is 12.5 Å². The van der Waals surface area contributed by atoms with Crippen molar-refractivity contribution in [2.75, 3.05) is 0 Å². The Morgan fingerprint density at radius 1 is 1.17 bits per heavy atom. The van der Waals surface area contributed by atoms with E-state index in [1.54, 1.807) is 6.92 Å². The van der Waals surface area contributed by atoms with Crippen LogP contribution < -0.4 is 0 Å². The minimum Gasteiger partial charge on any atom is -0.748 e. The van der Waals surface area contributed by atoms with E-state index in [0.717, 1.165) is 5.56 Å². The molecule has 0 aliphatic carbocycles. The van der Waals surface area contributed by atoms with Gasteiger partial charge in [-0.25, -0.2) is 16.9 Å². The summed E-state index contributed by atoms with van der Waals surface area (Å²) < 4.78 is 4.91. The van der Waals surface area contributed by atoms with Crippen LogP contribution in [0.15, 0.2) is 66.7 Å². The largest absolute Gasteiger partial charge is 0.748 e. The molecule has 0 radical (unpaired) electrons. The van der Waals surface area contributed by atoms with Gasteiger partial charge in [-0.3, -0.25) is 0 Å².